The first-order valence-electron chi connectivity index (χ1n) is 5.79. The molecule has 1 unspecified atom stereocenters. The van der Waals surface area contributed by atoms with Gasteiger partial charge in [0.25, 0.3) is 0 Å². The zero-order chi connectivity index (χ0) is 13.1. The average Bonchev–Trinajstić information content (AvgIpc) is 2.76. The van der Waals surface area contributed by atoms with Crippen LogP contribution in [0.5, 0.6) is 0 Å². The first kappa shape index (κ1) is 13.2. The number of hydrogen-bond donors (Lipinski definition) is 1. The van der Waals surface area contributed by atoms with Gasteiger partial charge in [-0.1, -0.05) is 18.5 Å². The molecule has 0 fully saturated rings. The molecule has 2 aromatic heterocycles. The van der Waals surface area contributed by atoms with E-state index in [2.05, 4.69) is 27.2 Å². The van der Waals surface area contributed by atoms with Crippen LogP contribution < -0.4 is 5.32 Å². The van der Waals surface area contributed by atoms with Gasteiger partial charge >= 0.3 is 0 Å². The quantitative estimate of drug-likeness (QED) is 0.870. The summed E-state index contributed by atoms with van der Waals surface area (Å²) >= 11 is 7.70. The highest BCUT2D eigenvalue weighted by Crippen LogP contribution is 2.26. The second-order valence-electron chi connectivity index (χ2n) is 4.04. The lowest BCUT2D eigenvalue weighted by Crippen LogP contribution is -2.10. The molecule has 2 rings (SSSR count). The van der Waals surface area contributed by atoms with E-state index in [1.54, 1.807) is 11.3 Å². The Kier molecular flexibility index (Phi) is 4.14. The van der Waals surface area contributed by atoms with Crippen LogP contribution in [0.25, 0.3) is 0 Å². The molecule has 0 bridgehead atoms. The molecule has 0 aliphatic carbocycles. The minimum atomic E-state index is 0.111. The first-order valence-corrected chi connectivity index (χ1v) is 7.05. The highest BCUT2D eigenvalue weighted by molar-refractivity contribution is 7.09. The minimum absolute atomic E-state index is 0.111. The largest absolute Gasteiger partial charge is 0.361 e. The van der Waals surface area contributed by atoms with Crippen molar-refractivity contribution in [2.45, 2.75) is 33.2 Å². The predicted octanol–water partition coefficient (Wildman–Crippen LogP) is 3.63. The van der Waals surface area contributed by atoms with E-state index in [-0.39, 0.29) is 6.04 Å². The Hall–Kier alpha value is -1.20. The molecular formula is C12H15ClN4S. The van der Waals surface area contributed by atoms with Gasteiger partial charge in [0.15, 0.2) is 0 Å². The molecule has 2 aromatic rings. The number of rotatable bonds is 4. The number of nitrogens with zero attached hydrogens (tertiary/aromatic N) is 3. The maximum absolute atomic E-state index is 6.06. The van der Waals surface area contributed by atoms with Gasteiger partial charge in [-0.2, -0.15) is 0 Å². The molecule has 0 aromatic carbocycles. The van der Waals surface area contributed by atoms with Crippen molar-refractivity contribution in [3.63, 3.8) is 0 Å². The van der Waals surface area contributed by atoms with Gasteiger partial charge in [-0.3, -0.25) is 0 Å². The molecule has 0 aliphatic rings. The van der Waals surface area contributed by atoms with Gasteiger partial charge in [-0.15, -0.1) is 11.3 Å². The van der Waals surface area contributed by atoms with E-state index in [1.165, 1.54) is 6.33 Å². The van der Waals surface area contributed by atoms with Gasteiger partial charge < -0.3 is 5.32 Å². The number of anilines is 1. The molecule has 0 amide bonds. The topological polar surface area (TPSA) is 50.7 Å². The summed E-state index contributed by atoms with van der Waals surface area (Å²) in [5.41, 5.74) is 1.99. The fraction of sp³-hybridized carbons (Fsp3) is 0.417. The predicted molar refractivity (Wildman–Crippen MR) is 75.3 cm³/mol. The molecule has 0 aliphatic heterocycles. The average molecular weight is 283 g/mol. The molecule has 2 heterocycles. The Morgan fingerprint density at radius 2 is 2.22 bits per heavy atom. The number of nitrogens with one attached hydrogen (secondary N) is 1. The number of aromatic nitrogens is 3. The van der Waals surface area contributed by atoms with Crippen molar-refractivity contribution in [3.05, 3.63) is 33.1 Å². The highest BCUT2D eigenvalue weighted by Gasteiger charge is 2.13. The van der Waals surface area contributed by atoms with E-state index >= 15 is 0 Å². The fourth-order valence-corrected chi connectivity index (χ4v) is 2.74. The zero-order valence-electron chi connectivity index (χ0n) is 10.6. The van der Waals surface area contributed by atoms with Crippen LogP contribution in [0.3, 0.4) is 0 Å². The summed E-state index contributed by atoms with van der Waals surface area (Å²) in [7, 11) is 0. The van der Waals surface area contributed by atoms with Crippen LogP contribution in [0.15, 0.2) is 11.7 Å². The van der Waals surface area contributed by atoms with Crippen LogP contribution in [0.1, 0.15) is 36.2 Å². The third kappa shape index (κ3) is 2.79. The van der Waals surface area contributed by atoms with Gasteiger partial charge in [0, 0.05) is 16.6 Å². The van der Waals surface area contributed by atoms with Gasteiger partial charge in [-0.25, -0.2) is 15.0 Å². The van der Waals surface area contributed by atoms with Gasteiger partial charge in [0.1, 0.15) is 22.3 Å². The Bertz CT molecular complexity index is 541. The Morgan fingerprint density at radius 3 is 2.83 bits per heavy atom. The summed E-state index contributed by atoms with van der Waals surface area (Å²) in [5, 5.41) is 6.94. The Balaban J connectivity index is 2.21. The number of halogens is 1. The zero-order valence-corrected chi connectivity index (χ0v) is 12.1. The first-order chi connectivity index (χ1) is 8.61. The van der Waals surface area contributed by atoms with Gasteiger partial charge in [0.05, 0.1) is 6.04 Å². The summed E-state index contributed by atoms with van der Waals surface area (Å²) in [6, 6.07) is 0.111. The normalized spacial score (nSPS) is 12.4. The molecule has 0 saturated heterocycles. The molecule has 0 radical (unpaired) electrons. The number of aryl methyl sites for hydroxylation is 1. The Morgan fingerprint density at radius 1 is 1.44 bits per heavy atom. The second-order valence-corrected chi connectivity index (χ2v) is 5.29. The summed E-state index contributed by atoms with van der Waals surface area (Å²) < 4.78 is 0. The van der Waals surface area contributed by atoms with Crippen LogP contribution in [0, 0.1) is 6.92 Å². The highest BCUT2D eigenvalue weighted by atomic mass is 35.5. The fourth-order valence-electron chi connectivity index (χ4n) is 1.67. The van der Waals surface area contributed by atoms with Crippen molar-refractivity contribution < 1.29 is 0 Å². The monoisotopic (exact) mass is 282 g/mol. The van der Waals surface area contributed by atoms with Crippen molar-refractivity contribution in [3.8, 4) is 0 Å². The number of hydrogen-bond acceptors (Lipinski definition) is 5. The lowest BCUT2D eigenvalue weighted by molar-refractivity contribution is 0.846. The molecule has 0 saturated carbocycles. The van der Waals surface area contributed by atoms with E-state index in [0.29, 0.717) is 5.15 Å². The van der Waals surface area contributed by atoms with Crippen molar-refractivity contribution in [1.29, 1.82) is 0 Å². The molecular weight excluding hydrogens is 268 g/mol. The lowest BCUT2D eigenvalue weighted by atomic mass is 10.2. The maximum atomic E-state index is 6.06. The second kappa shape index (κ2) is 5.63. The molecule has 6 heteroatoms. The molecule has 96 valence electrons. The van der Waals surface area contributed by atoms with E-state index < -0.39 is 0 Å². The van der Waals surface area contributed by atoms with Crippen LogP contribution in [-0.2, 0) is 6.42 Å². The molecule has 1 N–H and O–H groups in total. The summed E-state index contributed by atoms with van der Waals surface area (Å²) in [5.74, 6) is 0.790. The van der Waals surface area contributed by atoms with Crippen LogP contribution in [0.4, 0.5) is 5.82 Å². The maximum Gasteiger partial charge on any atom is 0.137 e. The molecule has 0 spiro atoms. The summed E-state index contributed by atoms with van der Waals surface area (Å²) in [6.45, 7) is 6.09. The van der Waals surface area contributed by atoms with Crippen molar-refractivity contribution in [1.82, 2.24) is 15.0 Å². The molecule has 18 heavy (non-hydrogen) atoms. The smallest absolute Gasteiger partial charge is 0.137 e. The van der Waals surface area contributed by atoms with Gasteiger partial charge in [0.2, 0.25) is 0 Å². The van der Waals surface area contributed by atoms with Crippen LogP contribution in [0.2, 0.25) is 5.15 Å². The Labute approximate surface area is 115 Å². The minimum Gasteiger partial charge on any atom is -0.361 e. The van der Waals surface area contributed by atoms with E-state index in [9.17, 15) is 0 Å². The van der Waals surface area contributed by atoms with E-state index in [4.69, 9.17) is 11.6 Å². The van der Waals surface area contributed by atoms with E-state index in [0.717, 1.165) is 28.5 Å². The SMILES string of the molecule is CCc1c(Cl)ncnc1NC(C)c1nc(C)cs1. The molecule has 1 atom stereocenters. The summed E-state index contributed by atoms with van der Waals surface area (Å²) in [4.78, 5) is 12.7. The van der Waals surface area contributed by atoms with Crippen LogP contribution in [-0.4, -0.2) is 15.0 Å². The third-order valence-electron chi connectivity index (χ3n) is 2.61. The lowest BCUT2D eigenvalue weighted by Gasteiger charge is -2.15. The van der Waals surface area contributed by atoms with Crippen molar-refractivity contribution >= 4 is 28.8 Å². The molecule has 4 nitrogen and oxygen atoms in total. The standard InChI is InChI=1S/C12H15ClN4S/c1-4-9-10(13)14-6-15-11(9)17-8(3)12-16-7(2)5-18-12/h5-6,8H,4H2,1-3H3,(H,14,15,17). The third-order valence-corrected chi connectivity index (χ3v) is 4.08. The number of thiazole rings is 1. The van der Waals surface area contributed by atoms with Crippen molar-refractivity contribution in [2.24, 2.45) is 0 Å². The van der Waals surface area contributed by atoms with Crippen molar-refractivity contribution in [2.75, 3.05) is 5.32 Å². The summed E-state index contributed by atoms with van der Waals surface area (Å²) in [6.07, 6.45) is 2.27. The van der Waals surface area contributed by atoms with Crippen LogP contribution >= 0.6 is 22.9 Å². The van der Waals surface area contributed by atoms with Gasteiger partial charge in [-0.05, 0) is 20.3 Å². The van der Waals surface area contributed by atoms with E-state index in [1.807, 2.05) is 19.2 Å².